The zero-order chi connectivity index (χ0) is 15.4. The third kappa shape index (κ3) is 8.34. The van der Waals surface area contributed by atoms with Gasteiger partial charge in [-0.1, -0.05) is 33.6 Å². The lowest BCUT2D eigenvalue weighted by Crippen LogP contribution is -2.39. The van der Waals surface area contributed by atoms with Crippen molar-refractivity contribution in [2.75, 3.05) is 13.1 Å². The fourth-order valence-electron chi connectivity index (χ4n) is 1.20. The summed E-state index contributed by atoms with van der Waals surface area (Å²) in [5.74, 6) is -0.661. The molecular formula is C13H24N2O5. The van der Waals surface area contributed by atoms with Crippen LogP contribution in [-0.4, -0.2) is 36.3 Å². The summed E-state index contributed by atoms with van der Waals surface area (Å²) in [6.45, 7) is 6.16. The molecule has 0 rings (SSSR count). The van der Waals surface area contributed by atoms with E-state index in [1.54, 1.807) is 6.92 Å². The second kappa shape index (κ2) is 11.1. The highest BCUT2D eigenvalue weighted by atomic mass is 16.8. The number of nitrogens with zero attached hydrogens (tertiary/aromatic N) is 1. The first-order valence-electron chi connectivity index (χ1n) is 7.03. The maximum absolute atomic E-state index is 11.7. The normalized spacial score (nSPS) is 9.75. The van der Waals surface area contributed by atoms with E-state index in [2.05, 4.69) is 10.1 Å². The lowest BCUT2D eigenvalue weighted by atomic mass is 10.3. The van der Waals surface area contributed by atoms with Crippen LogP contribution in [0, 0.1) is 0 Å². The summed E-state index contributed by atoms with van der Waals surface area (Å²) >= 11 is 0. The van der Waals surface area contributed by atoms with Crippen LogP contribution in [0.1, 0.15) is 52.9 Å². The summed E-state index contributed by atoms with van der Waals surface area (Å²) in [4.78, 5) is 39.1. The highest BCUT2D eigenvalue weighted by Gasteiger charge is 2.21. The van der Waals surface area contributed by atoms with Gasteiger partial charge in [-0.15, -0.1) is 5.06 Å². The molecular weight excluding hydrogens is 264 g/mol. The third-order valence-corrected chi connectivity index (χ3v) is 2.40. The molecule has 0 aromatic rings. The van der Waals surface area contributed by atoms with Crippen LogP contribution in [0.25, 0.3) is 0 Å². The minimum absolute atomic E-state index is 0.0794. The summed E-state index contributed by atoms with van der Waals surface area (Å²) in [5.41, 5.74) is 0. The molecule has 0 heterocycles. The summed E-state index contributed by atoms with van der Waals surface area (Å²) in [6.07, 6.45) is 1.60. The van der Waals surface area contributed by atoms with E-state index in [0.717, 1.165) is 24.3 Å². The molecule has 2 amide bonds. The first-order chi connectivity index (χ1) is 9.54. The fraction of sp³-hybridized carbons (Fsp3) is 0.769. The third-order valence-electron chi connectivity index (χ3n) is 2.40. The van der Waals surface area contributed by atoms with Gasteiger partial charge in [0.15, 0.2) is 0 Å². The second-order valence-corrected chi connectivity index (χ2v) is 4.21. The SMILES string of the molecule is CCCCNC(=O)ON(CCCC)C(=O)OC(=O)CC. The molecule has 0 aliphatic heterocycles. The van der Waals surface area contributed by atoms with E-state index in [-0.39, 0.29) is 13.0 Å². The van der Waals surface area contributed by atoms with Crippen LogP contribution in [0.5, 0.6) is 0 Å². The maximum atomic E-state index is 11.7. The van der Waals surface area contributed by atoms with Crippen molar-refractivity contribution in [3.63, 3.8) is 0 Å². The molecule has 7 nitrogen and oxygen atoms in total. The van der Waals surface area contributed by atoms with Gasteiger partial charge in [0.05, 0.1) is 6.54 Å². The van der Waals surface area contributed by atoms with Gasteiger partial charge in [0.2, 0.25) is 0 Å². The number of hydrogen-bond donors (Lipinski definition) is 1. The predicted octanol–water partition coefficient (Wildman–Crippen LogP) is 2.60. The Labute approximate surface area is 119 Å². The van der Waals surface area contributed by atoms with Crippen LogP contribution in [0.3, 0.4) is 0 Å². The molecule has 0 radical (unpaired) electrons. The number of esters is 1. The molecule has 0 aliphatic rings. The standard InChI is InChI=1S/C13H24N2O5/c1-4-7-9-14-12(17)20-15(10-8-5-2)13(18)19-11(16)6-3/h4-10H2,1-3H3,(H,14,17). The highest BCUT2D eigenvalue weighted by molar-refractivity contribution is 5.84. The van der Waals surface area contributed by atoms with Crippen molar-refractivity contribution in [3.05, 3.63) is 0 Å². The van der Waals surface area contributed by atoms with Crippen molar-refractivity contribution >= 4 is 18.2 Å². The molecule has 1 N–H and O–H groups in total. The van der Waals surface area contributed by atoms with Gasteiger partial charge in [-0.25, -0.2) is 9.59 Å². The molecule has 0 saturated carbocycles. The molecule has 0 bridgehead atoms. The molecule has 0 atom stereocenters. The molecule has 0 aromatic carbocycles. The largest absolute Gasteiger partial charge is 0.451 e. The molecule has 0 aliphatic carbocycles. The molecule has 0 aromatic heterocycles. The van der Waals surface area contributed by atoms with Crippen LogP contribution < -0.4 is 5.32 Å². The van der Waals surface area contributed by atoms with E-state index in [9.17, 15) is 14.4 Å². The Kier molecular flexibility index (Phi) is 10.1. The number of carbonyl (C=O) groups is 3. The molecule has 7 heteroatoms. The lowest BCUT2D eigenvalue weighted by Gasteiger charge is -2.19. The summed E-state index contributed by atoms with van der Waals surface area (Å²) in [6, 6.07) is 0. The van der Waals surface area contributed by atoms with Gasteiger partial charge in [0.1, 0.15) is 0 Å². The number of hydroxylamine groups is 2. The Balaban J connectivity index is 4.35. The quantitative estimate of drug-likeness (QED) is 0.337. The first-order valence-corrected chi connectivity index (χ1v) is 7.03. The lowest BCUT2D eigenvalue weighted by molar-refractivity contribution is -0.144. The maximum Gasteiger partial charge on any atom is 0.451 e. The molecule has 0 unspecified atom stereocenters. The van der Waals surface area contributed by atoms with E-state index in [0.29, 0.717) is 13.0 Å². The van der Waals surface area contributed by atoms with Crippen LogP contribution >= 0.6 is 0 Å². The van der Waals surface area contributed by atoms with Crippen LogP contribution in [0.4, 0.5) is 9.59 Å². The number of nitrogens with one attached hydrogen (secondary N) is 1. The minimum Gasteiger partial charge on any atom is -0.374 e. The Bertz CT molecular complexity index is 320. The number of amides is 2. The number of unbranched alkanes of at least 4 members (excludes halogenated alkanes) is 2. The van der Waals surface area contributed by atoms with Gasteiger partial charge in [0, 0.05) is 13.0 Å². The highest BCUT2D eigenvalue weighted by Crippen LogP contribution is 2.02. The average molecular weight is 288 g/mol. The molecule has 0 spiro atoms. The number of carbonyl (C=O) groups excluding carboxylic acids is 3. The van der Waals surface area contributed by atoms with E-state index in [1.165, 1.54) is 0 Å². The van der Waals surface area contributed by atoms with Crippen LogP contribution in [-0.2, 0) is 14.4 Å². The van der Waals surface area contributed by atoms with E-state index >= 15 is 0 Å². The van der Waals surface area contributed by atoms with Gasteiger partial charge < -0.3 is 14.9 Å². The van der Waals surface area contributed by atoms with Crippen molar-refractivity contribution in [2.24, 2.45) is 0 Å². The number of rotatable bonds is 7. The van der Waals surface area contributed by atoms with E-state index < -0.39 is 18.2 Å². The fourth-order valence-corrected chi connectivity index (χ4v) is 1.20. The summed E-state index contributed by atoms with van der Waals surface area (Å²) in [5, 5.41) is 3.29. The topological polar surface area (TPSA) is 84.9 Å². The van der Waals surface area contributed by atoms with Gasteiger partial charge in [-0.05, 0) is 12.8 Å². The Morgan fingerprint density at radius 3 is 2.25 bits per heavy atom. The number of ether oxygens (including phenoxy) is 1. The molecule has 0 saturated heterocycles. The van der Waals surface area contributed by atoms with Crippen molar-refractivity contribution in [2.45, 2.75) is 52.9 Å². The van der Waals surface area contributed by atoms with Gasteiger partial charge in [-0.2, -0.15) is 0 Å². The zero-order valence-corrected chi connectivity index (χ0v) is 12.4. The monoisotopic (exact) mass is 288 g/mol. The molecule has 116 valence electrons. The molecule has 20 heavy (non-hydrogen) atoms. The van der Waals surface area contributed by atoms with Gasteiger partial charge >= 0.3 is 18.2 Å². The minimum atomic E-state index is -0.962. The van der Waals surface area contributed by atoms with Crippen LogP contribution in [0.15, 0.2) is 0 Å². The first kappa shape index (κ1) is 18.2. The van der Waals surface area contributed by atoms with Gasteiger partial charge in [-0.3, -0.25) is 4.79 Å². The smallest absolute Gasteiger partial charge is 0.374 e. The van der Waals surface area contributed by atoms with E-state index in [1.807, 2.05) is 13.8 Å². The van der Waals surface area contributed by atoms with Crippen molar-refractivity contribution in [1.82, 2.24) is 10.4 Å². The van der Waals surface area contributed by atoms with Gasteiger partial charge in [0.25, 0.3) is 0 Å². The average Bonchev–Trinajstić information content (AvgIpc) is 2.43. The van der Waals surface area contributed by atoms with Crippen LogP contribution in [0.2, 0.25) is 0 Å². The van der Waals surface area contributed by atoms with E-state index in [4.69, 9.17) is 4.84 Å². The zero-order valence-electron chi connectivity index (χ0n) is 12.4. The summed E-state index contributed by atoms with van der Waals surface area (Å²) < 4.78 is 4.53. The number of hydrogen-bond acceptors (Lipinski definition) is 5. The molecule has 0 fully saturated rings. The second-order valence-electron chi connectivity index (χ2n) is 4.21. The Hall–Kier alpha value is -1.79. The predicted molar refractivity (Wildman–Crippen MR) is 72.8 cm³/mol. The van der Waals surface area contributed by atoms with Crippen molar-refractivity contribution in [3.8, 4) is 0 Å². The Morgan fingerprint density at radius 1 is 1.05 bits per heavy atom. The Morgan fingerprint density at radius 2 is 1.70 bits per heavy atom. The summed E-state index contributed by atoms with van der Waals surface area (Å²) in [7, 11) is 0. The van der Waals surface area contributed by atoms with Crippen molar-refractivity contribution < 1.29 is 24.0 Å². The van der Waals surface area contributed by atoms with Crippen molar-refractivity contribution in [1.29, 1.82) is 0 Å².